The molecule has 1 aliphatic rings. The van der Waals surface area contributed by atoms with E-state index in [1.807, 2.05) is 19.1 Å². The molecule has 2 atom stereocenters. The number of nitrogens with one attached hydrogen (secondary N) is 1. The second-order valence-corrected chi connectivity index (χ2v) is 10.5. The summed E-state index contributed by atoms with van der Waals surface area (Å²) in [6, 6.07) is 15.9. The Balaban J connectivity index is 0.00000400. The fraction of sp³-hybridized carbons (Fsp3) is 0.531. The molecule has 0 unspecified atom stereocenters. The Hall–Kier alpha value is -2.34. The lowest BCUT2D eigenvalue weighted by Crippen LogP contribution is -2.31. The number of hydrogen-bond donors (Lipinski definition) is 1. The highest BCUT2D eigenvalue weighted by molar-refractivity contribution is 5.85. The highest BCUT2D eigenvalue weighted by atomic mass is 35.5. The first-order chi connectivity index (χ1) is 18.2. The zero-order valence-corrected chi connectivity index (χ0v) is 24.0. The quantitative estimate of drug-likeness (QED) is 0.207. The lowest BCUT2D eigenvalue weighted by Gasteiger charge is -2.20. The van der Waals surface area contributed by atoms with Crippen molar-refractivity contribution in [2.45, 2.75) is 90.0 Å². The molecule has 1 saturated heterocycles. The Morgan fingerprint density at radius 1 is 0.895 bits per heavy atom. The fourth-order valence-corrected chi connectivity index (χ4v) is 5.37. The van der Waals surface area contributed by atoms with E-state index < -0.39 is 0 Å². The van der Waals surface area contributed by atoms with Crippen LogP contribution in [0.4, 0.5) is 0 Å². The predicted molar refractivity (Wildman–Crippen MR) is 159 cm³/mol. The third-order valence-electron chi connectivity index (χ3n) is 7.67. The molecule has 1 aromatic carbocycles. The van der Waals surface area contributed by atoms with Crippen molar-refractivity contribution in [2.75, 3.05) is 19.8 Å². The van der Waals surface area contributed by atoms with Gasteiger partial charge in [0.1, 0.15) is 0 Å². The molecule has 0 bridgehead atoms. The van der Waals surface area contributed by atoms with Crippen LogP contribution in [0.1, 0.15) is 86.6 Å². The molecule has 1 fully saturated rings. The second-order valence-electron chi connectivity index (χ2n) is 10.5. The molecule has 0 aliphatic carbocycles. The first kappa shape index (κ1) is 30.2. The molecule has 38 heavy (non-hydrogen) atoms. The van der Waals surface area contributed by atoms with E-state index in [1.54, 1.807) is 12.4 Å². The first-order valence-electron chi connectivity index (χ1n) is 14.4. The minimum atomic E-state index is 0. The van der Waals surface area contributed by atoms with Crippen LogP contribution in [-0.4, -0.2) is 41.0 Å². The normalized spacial score (nSPS) is 16.9. The zero-order valence-electron chi connectivity index (χ0n) is 23.2. The molecule has 2 aromatic heterocycles. The van der Waals surface area contributed by atoms with E-state index in [2.05, 4.69) is 57.8 Å². The van der Waals surface area contributed by atoms with Crippen molar-refractivity contribution in [3.63, 3.8) is 0 Å². The van der Waals surface area contributed by atoms with Gasteiger partial charge in [0.25, 0.3) is 0 Å². The lowest BCUT2D eigenvalue weighted by molar-refractivity contribution is 0.110. The Morgan fingerprint density at radius 3 is 2.45 bits per heavy atom. The van der Waals surface area contributed by atoms with E-state index in [0.717, 1.165) is 49.6 Å². The van der Waals surface area contributed by atoms with E-state index >= 15 is 0 Å². The van der Waals surface area contributed by atoms with Gasteiger partial charge in [-0.15, -0.1) is 12.4 Å². The average molecular weight is 537 g/mol. The Morgan fingerprint density at radius 2 is 1.66 bits per heavy atom. The molecule has 1 N–H and O–H groups in total. The standard InChI is InChI=1S/C32H44N4O.ClH/c1-3-4-5-6-7-8-10-26-12-14-27(15-13-26)30-18-21-34-32(30)24-37-22-9-11-29-23-31(36-35-25(29)2)28-16-19-33-20-17-28;/h12-17,19-20,23,30,32,34H,3-11,18,21-22,24H2,1-2H3;1H/t30-,32-;/m1./s1. The molecule has 0 spiro atoms. The van der Waals surface area contributed by atoms with Crippen LogP contribution in [0.3, 0.4) is 0 Å². The van der Waals surface area contributed by atoms with Gasteiger partial charge in [-0.25, -0.2) is 0 Å². The van der Waals surface area contributed by atoms with Crippen LogP contribution < -0.4 is 5.32 Å². The summed E-state index contributed by atoms with van der Waals surface area (Å²) >= 11 is 0. The molecule has 6 heteroatoms. The fourth-order valence-electron chi connectivity index (χ4n) is 5.37. The molecular weight excluding hydrogens is 492 g/mol. The van der Waals surface area contributed by atoms with Crippen LogP contribution in [0.5, 0.6) is 0 Å². The maximum atomic E-state index is 6.16. The van der Waals surface area contributed by atoms with Gasteiger partial charge in [0.2, 0.25) is 0 Å². The SMILES string of the molecule is CCCCCCCCc1ccc([C@H]2CCN[C@@H]2COCCCc2cc(-c3ccncc3)nnc2C)cc1.Cl. The molecule has 206 valence electrons. The van der Waals surface area contributed by atoms with Gasteiger partial charge in [0.05, 0.1) is 18.0 Å². The van der Waals surface area contributed by atoms with Gasteiger partial charge < -0.3 is 10.1 Å². The van der Waals surface area contributed by atoms with Gasteiger partial charge in [0, 0.05) is 36.5 Å². The van der Waals surface area contributed by atoms with E-state index in [-0.39, 0.29) is 12.4 Å². The van der Waals surface area contributed by atoms with Gasteiger partial charge in [0.15, 0.2) is 0 Å². The number of aromatic nitrogens is 3. The third-order valence-corrected chi connectivity index (χ3v) is 7.67. The van der Waals surface area contributed by atoms with Gasteiger partial charge in [-0.05, 0) is 80.5 Å². The van der Waals surface area contributed by atoms with Crippen LogP contribution >= 0.6 is 12.4 Å². The molecule has 3 heterocycles. The number of unbranched alkanes of at least 4 members (excludes halogenated alkanes) is 5. The molecule has 3 aromatic rings. The van der Waals surface area contributed by atoms with Crippen molar-refractivity contribution < 1.29 is 4.74 Å². The van der Waals surface area contributed by atoms with Crippen molar-refractivity contribution in [3.05, 3.63) is 77.2 Å². The van der Waals surface area contributed by atoms with Crippen LogP contribution in [0.2, 0.25) is 0 Å². The second kappa shape index (κ2) is 16.6. The van der Waals surface area contributed by atoms with Crippen molar-refractivity contribution >= 4 is 12.4 Å². The van der Waals surface area contributed by atoms with Crippen molar-refractivity contribution in [3.8, 4) is 11.3 Å². The summed E-state index contributed by atoms with van der Waals surface area (Å²) in [5.74, 6) is 0.539. The van der Waals surface area contributed by atoms with Gasteiger partial charge in [-0.2, -0.15) is 10.2 Å². The summed E-state index contributed by atoms with van der Waals surface area (Å²) in [5.41, 5.74) is 7.12. The number of benzene rings is 1. The summed E-state index contributed by atoms with van der Waals surface area (Å²) in [6.45, 7) is 6.90. The monoisotopic (exact) mass is 536 g/mol. The van der Waals surface area contributed by atoms with Gasteiger partial charge in [-0.1, -0.05) is 63.3 Å². The molecule has 0 saturated carbocycles. The molecule has 1 aliphatic heterocycles. The van der Waals surface area contributed by atoms with Crippen molar-refractivity contribution in [1.29, 1.82) is 0 Å². The smallest absolute Gasteiger partial charge is 0.0933 e. The van der Waals surface area contributed by atoms with Crippen LogP contribution in [0.15, 0.2) is 54.9 Å². The molecule has 0 radical (unpaired) electrons. The van der Waals surface area contributed by atoms with Crippen molar-refractivity contribution in [2.24, 2.45) is 0 Å². The Labute approximate surface area is 235 Å². The maximum Gasteiger partial charge on any atom is 0.0933 e. The Bertz CT molecular complexity index is 1060. The number of hydrogen-bond acceptors (Lipinski definition) is 5. The summed E-state index contributed by atoms with van der Waals surface area (Å²) in [4.78, 5) is 4.09. The minimum Gasteiger partial charge on any atom is -0.380 e. The maximum absolute atomic E-state index is 6.16. The predicted octanol–water partition coefficient (Wildman–Crippen LogP) is 7.27. The van der Waals surface area contributed by atoms with Gasteiger partial charge in [-0.3, -0.25) is 4.98 Å². The number of ether oxygens (including phenoxy) is 1. The first-order valence-corrected chi connectivity index (χ1v) is 14.4. The van der Waals surface area contributed by atoms with Crippen LogP contribution in [0, 0.1) is 6.92 Å². The molecule has 5 nitrogen and oxygen atoms in total. The lowest BCUT2D eigenvalue weighted by atomic mass is 9.91. The molecule has 4 rings (SSSR count). The minimum absolute atomic E-state index is 0. The molecular formula is C32H45ClN4O. The number of rotatable bonds is 15. The summed E-state index contributed by atoms with van der Waals surface area (Å²) in [5, 5.41) is 12.4. The summed E-state index contributed by atoms with van der Waals surface area (Å²) in [7, 11) is 0. The number of aryl methyl sites for hydroxylation is 3. The average Bonchev–Trinajstić information content (AvgIpc) is 3.41. The molecule has 0 amide bonds. The van der Waals surface area contributed by atoms with E-state index in [0.29, 0.717) is 12.0 Å². The summed E-state index contributed by atoms with van der Waals surface area (Å²) in [6.07, 6.45) is 16.0. The van der Waals surface area contributed by atoms with E-state index in [1.165, 1.54) is 68.1 Å². The summed E-state index contributed by atoms with van der Waals surface area (Å²) < 4.78 is 6.16. The van der Waals surface area contributed by atoms with Crippen LogP contribution in [0.25, 0.3) is 11.3 Å². The van der Waals surface area contributed by atoms with E-state index in [9.17, 15) is 0 Å². The van der Waals surface area contributed by atoms with Gasteiger partial charge >= 0.3 is 0 Å². The zero-order chi connectivity index (χ0) is 25.7. The number of nitrogens with zero attached hydrogens (tertiary/aromatic N) is 3. The van der Waals surface area contributed by atoms with Crippen molar-refractivity contribution in [1.82, 2.24) is 20.5 Å². The highest BCUT2D eigenvalue weighted by Crippen LogP contribution is 2.28. The van der Waals surface area contributed by atoms with Crippen LogP contribution in [-0.2, 0) is 17.6 Å². The van der Waals surface area contributed by atoms with E-state index in [4.69, 9.17) is 4.74 Å². The number of halogens is 1. The Kier molecular flexibility index (Phi) is 13.2. The largest absolute Gasteiger partial charge is 0.380 e. The topological polar surface area (TPSA) is 59.9 Å². The third kappa shape index (κ3) is 9.14. The highest BCUT2D eigenvalue weighted by Gasteiger charge is 2.28. The number of pyridine rings is 1.